The molecular weight excluding hydrogens is 285 g/mol. The zero-order valence-corrected chi connectivity index (χ0v) is 11.9. The first-order valence-corrected chi connectivity index (χ1v) is 6.73. The summed E-state index contributed by atoms with van der Waals surface area (Å²) >= 11 is 0. The topological polar surface area (TPSA) is 67.2 Å². The van der Waals surface area contributed by atoms with E-state index in [2.05, 4.69) is 10.3 Å². The lowest BCUT2D eigenvalue weighted by Crippen LogP contribution is -2.25. The van der Waals surface area contributed by atoms with Crippen molar-refractivity contribution in [1.29, 1.82) is 0 Å². The summed E-state index contributed by atoms with van der Waals surface area (Å²) in [4.78, 5) is 16.4. The minimum atomic E-state index is -0.762. The van der Waals surface area contributed by atoms with E-state index in [9.17, 15) is 9.18 Å². The number of benzene rings is 2. The molecule has 0 saturated carbocycles. The Hall–Kier alpha value is -2.89. The Balaban J connectivity index is 1.79. The van der Waals surface area contributed by atoms with Crippen LogP contribution in [0.1, 0.15) is 16.2 Å². The van der Waals surface area contributed by atoms with Crippen LogP contribution in [0.5, 0.6) is 5.75 Å². The molecule has 2 aromatic carbocycles. The fraction of sp³-hybridized carbons (Fsp3) is 0.125. The van der Waals surface area contributed by atoms with Crippen molar-refractivity contribution in [2.24, 2.45) is 7.05 Å². The Morgan fingerprint density at radius 1 is 1.32 bits per heavy atom. The van der Waals surface area contributed by atoms with Gasteiger partial charge in [-0.25, -0.2) is 9.37 Å². The van der Waals surface area contributed by atoms with Gasteiger partial charge in [-0.15, -0.1) is 0 Å². The third-order valence-electron chi connectivity index (χ3n) is 3.48. The smallest absolute Gasteiger partial charge is 0.254 e. The van der Waals surface area contributed by atoms with Crippen LogP contribution in [0.2, 0.25) is 0 Å². The van der Waals surface area contributed by atoms with Gasteiger partial charge in [-0.2, -0.15) is 0 Å². The lowest BCUT2D eigenvalue weighted by Gasteiger charge is -2.06. The third-order valence-corrected chi connectivity index (χ3v) is 3.48. The normalized spacial score (nSPS) is 10.8. The van der Waals surface area contributed by atoms with Gasteiger partial charge in [-0.3, -0.25) is 4.79 Å². The van der Waals surface area contributed by atoms with E-state index < -0.39 is 11.7 Å². The third kappa shape index (κ3) is 2.50. The Bertz CT molecular complexity index is 858. The number of phenols is 1. The summed E-state index contributed by atoms with van der Waals surface area (Å²) in [7, 11) is 1.86. The van der Waals surface area contributed by atoms with E-state index in [-0.39, 0.29) is 17.9 Å². The molecule has 0 spiro atoms. The number of aryl methyl sites for hydroxylation is 1. The number of aromatic nitrogens is 2. The first kappa shape index (κ1) is 14.1. The largest absolute Gasteiger partial charge is 0.508 e. The van der Waals surface area contributed by atoms with Gasteiger partial charge in [-0.05, 0) is 24.3 Å². The number of hydrogen-bond donors (Lipinski definition) is 2. The van der Waals surface area contributed by atoms with Crippen LogP contribution >= 0.6 is 0 Å². The van der Waals surface area contributed by atoms with E-state index in [1.807, 2.05) is 35.9 Å². The van der Waals surface area contributed by atoms with Crippen molar-refractivity contribution in [2.45, 2.75) is 6.54 Å². The zero-order chi connectivity index (χ0) is 15.7. The van der Waals surface area contributed by atoms with Crippen molar-refractivity contribution in [3.63, 3.8) is 0 Å². The van der Waals surface area contributed by atoms with Crippen LogP contribution in [0.15, 0.2) is 42.5 Å². The maximum absolute atomic E-state index is 13.6. The number of rotatable bonds is 3. The van der Waals surface area contributed by atoms with Gasteiger partial charge in [0.25, 0.3) is 5.91 Å². The number of phenolic OH excluding ortho intramolecular Hbond substituents is 1. The molecule has 1 heterocycles. The van der Waals surface area contributed by atoms with Crippen LogP contribution in [0, 0.1) is 5.82 Å². The average molecular weight is 299 g/mol. The molecule has 6 heteroatoms. The van der Waals surface area contributed by atoms with Gasteiger partial charge >= 0.3 is 0 Å². The second kappa shape index (κ2) is 5.48. The highest BCUT2D eigenvalue weighted by atomic mass is 19.1. The number of nitrogens with zero attached hydrogens (tertiary/aromatic N) is 2. The van der Waals surface area contributed by atoms with Crippen molar-refractivity contribution in [2.75, 3.05) is 0 Å². The van der Waals surface area contributed by atoms with Gasteiger partial charge in [0.1, 0.15) is 17.4 Å². The predicted octanol–water partition coefficient (Wildman–Crippen LogP) is 2.35. The highest BCUT2D eigenvalue weighted by Gasteiger charge is 2.13. The molecule has 2 N–H and O–H groups in total. The molecular formula is C16H14FN3O2. The van der Waals surface area contributed by atoms with Gasteiger partial charge in [0.2, 0.25) is 0 Å². The van der Waals surface area contributed by atoms with Crippen molar-refractivity contribution in [1.82, 2.24) is 14.9 Å². The van der Waals surface area contributed by atoms with E-state index in [0.717, 1.165) is 17.1 Å². The molecule has 112 valence electrons. The monoisotopic (exact) mass is 299 g/mol. The van der Waals surface area contributed by atoms with Gasteiger partial charge in [0, 0.05) is 13.1 Å². The van der Waals surface area contributed by atoms with E-state index in [0.29, 0.717) is 5.82 Å². The Morgan fingerprint density at radius 3 is 2.82 bits per heavy atom. The Kier molecular flexibility index (Phi) is 3.50. The summed E-state index contributed by atoms with van der Waals surface area (Å²) in [5.74, 6) is -0.856. The number of halogens is 1. The first-order chi connectivity index (χ1) is 10.6. The summed E-state index contributed by atoms with van der Waals surface area (Å²) in [5.41, 5.74) is 1.68. The second-order valence-corrected chi connectivity index (χ2v) is 4.92. The molecule has 0 saturated heterocycles. The van der Waals surface area contributed by atoms with Crippen LogP contribution in [-0.4, -0.2) is 20.6 Å². The molecule has 0 bridgehead atoms. The van der Waals surface area contributed by atoms with Crippen LogP contribution in [-0.2, 0) is 13.6 Å². The van der Waals surface area contributed by atoms with Crippen LogP contribution in [0.4, 0.5) is 4.39 Å². The van der Waals surface area contributed by atoms with E-state index in [1.54, 1.807) is 0 Å². The maximum Gasteiger partial charge on any atom is 0.254 e. The van der Waals surface area contributed by atoms with Gasteiger partial charge in [-0.1, -0.05) is 12.1 Å². The molecule has 0 atom stereocenters. The molecule has 3 rings (SSSR count). The Morgan fingerprint density at radius 2 is 2.09 bits per heavy atom. The summed E-state index contributed by atoms with van der Waals surface area (Å²) in [6, 6.07) is 11.1. The summed E-state index contributed by atoms with van der Waals surface area (Å²) in [6.07, 6.45) is 0. The molecule has 0 unspecified atom stereocenters. The average Bonchev–Trinajstić information content (AvgIpc) is 2.82. The number of nitrogens with one attached hydrogen (secondary N) is 1. The van der Waals surface area contributed by atoms with E-state index in [4.69, 9.17) is 5.11 Å². The quantitative estimate of drug-likeness (QED) is 0.780. The minimum absolute atomic E-state index is 0.114. The van der Waals surface area contributed by atoms with Crippen molar-refractivity contribution >= 4 is 16.9 Å². The molecule has 1 aromatic heterocycles. The molecule has 0 aliphatic rings. The van der Waals surface area contributed by atoms with E-state index in [1.165, 1.54) is 12.1 Å². The van der Waals surface area contributed by atoms with Gasteiger partial charge in [0.15, 0.2) is 0 Å². The van der Waals surface area contributed by atoms with Crippen molar-refractivity contribution < 1.29 is 14.3 Å². The standard InChI is InChI=1S/C16H14FN3O2/c1-20-14-5-3-2-4-13(14)19-15(20)9-18-16(22)11-7-6-10(21)8-12(11)17/h2-8,21H,9H2,1H3,(H,18,22). The predicted molar refractivity (Wildman–Crippen MR) is 79.9 cm³/mol. The minimum Gasteiger partial charge on any atom is -0.508 e. The number of para-hydroxylation sites is 2. The SMILES string of the molecule is Cn1c(CNC(=O)c2ccc(O)cc2F)nc2ccccc21. The first-order valence-electron chi connectivity index (χ1n) is 6.73. The maximum atomic E-state index is 13.6. The van der Waals surface area contributed by atoms with Crippen LogP contribution in [0.3, 0.4) is 0 Å². The lowest BCUT2D eigenvalue weighted by atomic mass is 10.2. The summed E-state index contributed by atoms with van der Waals surface area (Å²) < 4.78 is 15.5. The van der Waals surface area contributed by atoms with Gasteiger partial charge in [0.05, 0.1) is 23.1 Å². The summed E-state index contributed by atoms with van der Waals surface area (Å²) in [6.45, 7) is 0.185. The van der Waals surface area contributed by atoms with Gasteiger partial charge < -0.3 is 15.0 Å². The molecule has 0 radical (unpaired) electrons. The molecule has 0 aliphatic heterocycles. The number of fused-ring (bicyclic) bond motifs is 1. The highest BCUT2D eigenvalue weighted by molar-refractivity contribution is 5.94. The lowest BCUT2D eigenvalue weighted by molar-refractivity contribution is 0.0945. The molecule has 0 aliphatic carbocycles. The molecule has 3 aromatic rings. The fourth-order valence-corrected chi connectivity index (χ4v) is 2.30. The van der Waals surface area contributed by atoms with Crippen molar-refractivity contribution in [3.8, 4) is 5.75 Å². The number of carbonyl (C=O) groups excluding carboxylic acids is 1. The summed E-state index contributed by atoms with van der Waals surface area (Å²) in [5, 5.41) is 11.8. The number of amides is 1. The zero-order valence-electron chi connectivity index (χ0n) is 11.9. The number of hydrogen-bond acceptors (Lipinski definition) is 3. The van der Waals surface area contributed by atoms with Crippen molar-refractivity contribution in [3.05, 3.63) is 59.7 Å². The molecule has 22 heavy (non-hydrogen) atoms. The number of carbonyl (C=O) groups is 1. The fourth-order valence-electron chi connectivity index (χ4n) is 2.30. The molecule has 0 fully saturated rings. The van der Waals surface area contributed by atoms with Crippen LogP contribution < -0.4 is 5.32 Å². The van der Waals surface area contributed by atoms with Crippen LogP contribution in [0.25, 0.3) is 11.0 Å². The molecule has 5 nitrogen and oxygen atoms in total. The molecule has 1 amide bonds. The van der Waals surface area contributed by atoms with E-state index >= 15 is 0 Å². The highest BCUT2D eigenvalue weighted by Crippen LogP contribution is 2.16. The second-order valence-electron chi connectivity index (χ2n) is 4.92. The number of aromatic hydroxyl groups is 1. The number of imidazole rings is 1. The Labute approximate surface area is 126 Å².